The molecule has 0 aliphatic rings. The second-order valence-corrected chi connectivity index (χ2v) is 5.49. The van der Waals surface area contributed by atoms with Crippen molar-refractivity contribution >= 4 is 5.97 Å². The van der Waals surface area contributed by atoms with Gasteiger partial charge in [-0.25, -0.2) is 4.79 Å². The van der Waals surface area contributed by atoms with Crippen molar-refractivity contribution in [1.29, 1.82) is 0 Å². The zero-order chi connectivity index (χ0) is 15.5. The summed E-state index contributed by atoms with van der Waals surface area (Å²) in [5.41, 5.74) is 1.87. The minimum Gasteiger partial charge on any atom is -0.458 e. The van der Waals surface area contributed by atoms with E-state index in [2.05, 4.69) is 12.8 Å². The van der Waals surface area contributed by atoms with Crippen molar-refractivity contribution in [3.63, 3.8) is 0 Å². The molecule has 1 atom stereocenters. The Bertz CT molecular complexity index is 453. The van der Waals surface area contributed by atoms with Gasteiger partial charge in [-0.2, -0.15) is 0 Å². The lowest BCUT2D eigenvalue weighted by Gasteiger charge is -2.10. The van der Waals surface area contributed by atoms with Crippen molar-refractivity contribution in [2.24, 2.45) is 0 Å². The number of hydrogen-bond acceptors (Lipinski definition) is 2. The van der Waals surface area contributed by atoms with Crippen molar-refractivity contribution in [2.45, 2.75) is 64.9 Å². The van der Waals surface area contributed by atoms with Gasteiger partial charge in [0.05, 0.1) is 5.56 Å². The molecule has 2 heteroatoms. The number of carbonyl (C=O) groups excluding carboxylic acids is 1. The van der Waals surface area contributed by atoms with Crippen molar-refractivity contribution < 1.29 is 9.53 Å². The molecule has 0 radical (unpaired) electrons. The van der Waals surface area contributed by atoms with Gasteiger partial charge in [0, 0.05) is 6.42 Å². The number of rotatable bonds is 9. The molecule has 0 heterocycles. The Balaban J connectivity index is 2.39. The highest BCUT2D eigenvalue weighted by Gasteiger charge is 2.10. The van der Waals surface area contributed by atoms with Gasteiger partial charge in [0.15, 0.2) is 0 Å². The van der Waals surface area contributed by atoms with Gasteiger partial charge < -0.3 is 4.74 Å². The number of hydrogen-bond donors (Lipinski definition) is 0. The summed E-state index contributed by atoms with van der Waals surface area (Å²) in [6.45, 7) is 4.03. The van der Waals surface area contributed by atoms with E-state index in [0.717, 1.165) is 6.42 Å². The van der Waals surface area contributed by atoms with E-state index in [1.807, 2.05) is 31.2 Å². The number of benzene rings is 1. The van der Waals surface area contributed by atoms with Gasteiger partial charge >= 0.3 is 5.97 Å². The van der Waals surface area contributed by atoms with Crippen LogP contribution in [0.1, 0.15) is 68.3 Å². The first-order valence-corrected chi connectivity index (χ1v) is 7.90. The Morgan fingerprint density at radius 3 is 2.48 bits per heavy atom. The molecule has 21 heavy (non-hydrogen) atoms. The highest BCUT2D eigenvalue weighted by Crippen LogP contribution is 2.12. The number of terminal acetylenes is 1. The van der Waals surface area contributed by atoms with Crippen molar-refractivity contribution in [3.05, 3.63) is 35.4 Å². The van der Waals surface area contributed by atoms with E-state index >= 15 is 0 Å². The molecule has 1 aromatic rings. The molecule has 0 bridgehead atoms. The van der Waals surface area contributed by atoms with Crippen molar-refractivity contribution in [1.82, 2.24) is 0 Å². The van der Waals surface area contributed by atoms with E-state index in [0.29, 0.717) is 12.0 Å². The first kappa shape index (κ1) is 17.3. The molecule has 0 aliphatic heterocycles. The molecular weight excluding hydrogens is 260 g/mol. The van der Waals surface area contributed by atoms with Gasteiger partial charge in [-0.3, -0.25) is 0 Å². The van der Waals surface area contributed by atoms with Crippen LogP contribution >= 0.6 is 0 Å². The van der Waals surface area contributed by atoms with E-state index in [1.54, 1.807) is 0 Å². The normalized spacial score (nSPS) is 11.7. The predicted octanol–water partition coefficient (Wildman–Crippen LogP) is 4.77. The topological polar surface area (TPSA) is 26.3 Å². The van der Waals surface area contributed by atoms with Gasteiger partial charge in [0.2, 0.25) is 0 Å². The number of esters is 1. The quantitative estimate of drug-likeness (QED) is 0.371. The third-order valence-corrected chi connectivity index (χ3v) is 3.47. The SMILES string of the molecule is C#CCC(C)OC(=O)c1ccc(CCCCCCC)cc1. The summed E-state index contributed by atoms with van der Waals surface area (Å²) in [6, 6.07) is 7.71. The van der Waals surface area contributed by atoms with Crippen LogP contribution in [0.25, 0.3) is 0 Å². The molecule has 0 fully saturated rings. The maximum Gasteiger partial charge on any atom is 0.338 e. The maximum atomic E-state index is 11.9. The van der Waals surface area contributed by atoms with Crippen LogP contribution in [0.3, 0.4) is 0 Å². The molecule has 2 nitrogen and oxygen atoms in total. The molecule has 0 amide bonds. The Morgan fingerprint density at radius 1 is 1.19 bits per heavy atom. The van der Waals surface area contributed by atoms with Gasteiger partial charge in [0.1, 0.15) is 6.10 Å². The van der Waals surface area contributed by atoms with E-state index in [9.17, 15) is 4.79 Å². The number of aryl methyl sites for hydroxylation is 1. The summed E-state index contributed by atoms with van der Waals surface area (Å²) in [6.07, 6.45) is 12.9. The fraction of sp³-hybridized carbons (Fsp3) is 0.526. The molecule has 0 saturated heterocycles. The van der Waals surface area contributed by atoms with Crippen LogP contribution in [0.15, 0.2) is 24.3 Å². The first-order chi connectivity index (χ1) is 10.2. The van der Waals surface area contributed by atoms with Crippen molar-refractivity contribution in [3.8, 4) is 12.3 Å². The second kappa shape index (κ2) is 10.0. The van der Waals surface area contributed by atoms with Gasteiger partial charge in [-0.1, -0.05) is 44.7 Å². The van der Waals surface area contributed by atoms with Crippen LogP contribution in [0.4, 0.5) is 0 Å². The number of ether oxygens (including phenoxy) is 1. The summed E-state index contributed by atoms with van der Waals surface area (Å²) >= 11 is 0. The van der Waals surface area contributed by atoms with Crippen LogP contribution in [-0.4, -0.2) is 12.1 Å². The molecule has 114 valence electrons. The Hall–Kier alpha value is -1.75. The molecular formula is C19H26O2. The smallest absolute Gasteiger partial charge is 0.338 e. The van der Waals surface area contributed by atoms with E-state index < -0.39 is 0 Å². The van der Waals surface area contributed by atoms with Crippen LogP contribution in [0, 0.1) is 12.3 Å². The Kier molecular flexibility index (Phi) is 8.28. The van der Waals surface area contributed by atoms with Crippen LogP contribution in [0.5, 0.6) is 0 Å². The molecule has 1 rings (SSSR count). The van der Waals surface area contributed by atoms with E-state index in [4.69, 9.17) is 11.2 Å². The average Bonchev–Trinajstić information content (AvgIpc) is 2.48. The lowest BCUT2D eigenvalue weighted by Crippen LogP contribution is -2.14. The highest BCUT2D eigenvalue weighted by molar-refractivity contribution is 5.89. The van der Waals surface area contributed by atoms with E-state index in [1.165, 1.54) is 37.7 Å². The molecule has 1 aromatic carbocycles. The molecule has 0 aliphatic carbocycles. The summed E-state index contributed by atoms with van der Waals surface area (Å²) in [5, 5.41) is 0. The summed E-state index contributed by atoms with van der Waals surface area (Å²) in [7, 11) is 0. The number of unbranched alkanes of at least 4 members (excludes halogenated alkanes) is 4. The van der Waals surface area contributed by atoms with Gasteiger partial charge in [-0.15, -0.1) is 12.3 Å². The monoisotopic (exact) mass is 286 g/mol. The third kappa shape index (κ3) is 6.99. The fourth-order valence-electron chi connectivity index (χ4n) is 2.20. The lowest BCUT2D eigenvalue weighted by atomic mass is 10.0. The highest BCUT2D eigenvalue weighted by atomic mass is 16.5. The Morgan fingerprint density at radius 2 is 1.86 bits per heavy atom. The van der Waals surface area contributed by atoms with Crippen molar-refractivity contribution in [2.75, 3.05) is 0 Å². The zero-order valence-corrected chi connectivity index (χ0v) is 13.2. The molecule has 0 aromatic heterocycles. The van der Waals surface area contributed by atoms with Crippen LogP contribution in [0.2, 0.25) is 0 Å². The predicted molar refractivity (Wildman–Crippen MR) is 87.2 cm³/mol. The minimum atomic E-state index is -0.299. The fourth-order valence-corrected chi connectivity index (χ4v) is 2.20. The van der Waals surface area contributed by atoms with Gasteiger partial charge in [-0.05, 0) is 37.5 Å². The molecule has 0 N–H and O–H groups in total. The largest absolute Gasteiger partial charge is 0.458 e. The zero-order valence-electron chi connectivity index (χ0n) is 13.2. The molecule has 0 spiro atoms. The van der Waals surface area contributed by atoms with E-state index in [-0.39, 0.29) is 12.1 Å². The summed E-state index contributed by atoms with van der Waals surface area (Å²) in [4.78, 5) is 11.9. The summed E-state index contributed by atoms with van der Waals surface area (Å²) in [5.74, 6) is 2.19. The second-order valence-electron chi connectivity index (χ2n) is 5.49. The first-order valence-electron chi connectivity index (χ1n) is 7.90. The van der Waals surface area contributed by atoms with Gasteiger partial charge in [0.25, 0.3) is 0 Å². The standard InChI is InChI=1S/C19H26O2/c1-4-6-7-8-9-11-17-12-14-18(15-13-17)19(20)21-16(3)10-5-2/h2,12-16H,4,6-11H2,1,3H3. The average molecular weight is 286 g/mol. The van der Waals surface area contributed by atoms with Crippen LogP contribution < -0.4 is 0 Å². The summed E-state index contributed by atoms with van der Waals surface area (Å²) < 4.78 is 5.26. The Labute approximate surface area is 128 Å². The van der Waals surface area contributed by atoms with Crippen LogP contribution in [-0.2, 0) is 11.2 Å². The maximum absolute atomic E-state index is 11.9. The number of carbonyl (C=O) groups is 1. The molecule has 1 unspecified atom stereocenters. The lowest BCUT2D eigenvalue weighted by molar-refractivity contribution is 0.0352. The third-order valence-electron chi connectivity index (χ3n) is 3.47. The molecule has 0 saturated carbocycles. The minimum absolute atomic E-state index is 0.235.